The van der Waals surface area contributed by atoms with E-state index in [1.54, 1.807) is 24.3 Å². The fourth-order valence-electron chi connectivity index (χ4n) is 3.58. The summed E-state index contributed by atoms with van der Waals surface area (Å²) in [7, 11) is 3.70. The van der Waals surface area contributed by atoms with Crippen molar-refractivity contribution < 1.29 is 27.2 Å². The van der Waals surface area contributed by atoms with Gasteiger partial charge in [0.2, 0.25) is 0 Å². The van der Waals surface area contributed by atoms with Gasteiger partial charge in [0.1, 0.15) is 5.82 Å². The molecular weight excluding hydrogens is 472 g/mol. The minimum Gasteiger partial charge on any atom is -0.308 e. The van der Waals surface area contributed by atoms with Crippen molar-refractivity contribution in [3.8, 4) is 0 Å². The Morgan fingerprint density at radius 1 is 1.12 bits per heavy atom. The Morgan fingerprint density at radius 3 is 2.59 bits per heavy atom. The number of likely N-dealkylation sites (N-methyl/N-ethyl adjacent to an activating group) is 1. The van der Waals surface area contributed by atoms with Gasteiger partial charge in [-0.25, -0.2) is 4.39 Å². The van der Waals surface area contributed by atoms with Crippen molar-refractivity contribution in [2.75, 3.05) is 27.2 Å². The van der Waals surface area contributed by atoms with E-state index in [1.165, 1.54) is 15.8 Å². The molecule has 0 N–H and O–H groups in total. The maximum absolute atomic E-state index is 13.4. The largest absolute Gasteiger partial charge is 0.416 e. The fourth-order valence-corrected chi connectivity index (χ4v) is 4.44. The van der Waals surface area contributed by atoms with Crippen molar-refractivity contribution in [2.45, 2.75) is 12.7 Å². The zero-order chi connectivity index (χ0) is 24.6. The third-order valence-corrected chi connectivity index (χ3v) is 6.21. The van der Waals surface area contributed by atoms with Crippen molar-refractivity contribution in [2.24, 2.45) is 0 Å². The number of halogens is 4. The molecule has 34 heavy (non-hydrogen) atoms. The number of hydrogen-bond donors (Lipinski definition) is 0. The van der Waals surface area contributed by atoms with Gasteiger partial charge in [0.15, 0.2) is 0 Å². The average molecular weight is 492 g/mol. The summed E-state index contributed by atoms with van der Waals surface area (Å²) < 4.78 is 54.8. The molecule has 2 heterocycles. The minimum absolute atomic E-state index is 0.102. The highest BCUT2D eigenvalue weighted by Crippen LogP contribution is 2.34. The van der Waals surface area contributed by atoms with Gasteiger partial charge < -0.3 is 4.90 Å². The molecule has 1 saturated heterocycles. The molecule has 2 aromatic carbocycles. The van der Waals surface area contributed by atoms with E-state index in [2.05, 4.69) is 5.10 Å². The molecule has 0 atom stereocenters. The average Bonchev–Trinajstić information content (AvgIpc) is 3.27. The van der Waals surface area contributed by atoms with E-state index in [1.807, 2.05) is 19.0 Å². The third-order valence-electron chi connectivity index (χ3n) is 5.31. The van der Waals surface area contributed by atoms with Gasteiger partial charge in [-0.2, -0.15) is 18.3 Å². The van der Waals surface area contributed by atoms with Crippen LogP contribution in [0, 0.1) is 5.82 Å². The molecule has 11 heteroatoms. The lowest BCUT2D eigenvalue weighted by atomic mass is 10.1. The summed E-state index contributed by atoms with van der Waals surface area (Å²) in [5.41, 5.74) is 0.0868. The van der Waals surface area contributed by atoms with Crippen LogP contribution in [-0.4, -0.2) is 57.9 Å². The maximum atomic E-state index is 13.4. The molecule has 178 valence electrons. The summed E-state index contributed by atoms with van der Waals surface area (Å²) in [6.45, 7) is 0.660. The van der Waals surface area contributed by atoms with Crippen molar-refractivity contribution >= 4 is 39.9 Å². The normalized spacial score (nSPS) is 16.0. The minimum atomic E-state index is -4.69. The van der Waals surface area contributed by atoms with E-state index in [4.69, 9.17) is 0 Å². The molecule has 0 unspecified atom stereocenters. The van der Waals surface area contributed by atoms with Gasteiger partial charge >= 0.3 is 6.18 Å². The molecule has 1 aromatic heterocycles. The highest BCUT2D eigenvalue weighted by Gasteiger charge is 2.35. The van der Waals surface area contributed by atoms with E-state index < -0.39 is 17.6 Å². The first-order chi connectivity index (χ1) is 16.0. The van der Waals surface area contributed by atoms with Gasteiger partial charge in [-0.05, 0) is 67.3 Å². The second-order valence-electron chi connectivity index (χ2n) is 8.06. The smallest absolute Gasteiger partial charge is 0.308 e. The summed E-state index contributed by atoms with van der Waals surface area (Å²) in [4.78, 5) is 28.2. The molecule has 1 fully saturated rings. The van der Waals surface area contributed by atoms with Crippen molar-refractivity contribution in [1.82, 2.24) is 19.6 Å². The number of rotatable bonds is 6. The number of carbonyl (C=O) groups is 2. The Bertz CT molecular complexity index is 1300. The Labute approximate surface area is 196 Å². The number of thioether (sulfide) groups is 1. The van der Waals surface area contributed by atoms with Gasteiger partial charge in [0.05, 0.1) is 28.7 Å². The standard InChI is InChI=1S/C23H20F4N4O2S/c1-29(2)7-8-30-21(32)20(34-22(30)33)10-14-3-6-19-16(9-14)12-28-31(19)13-15-4-5-17(24)11-18(15)23(25,26)27/h3-6,9-12H,7-8,13H2,1-2H3. The lowest BCUT2D eigenvalue weighted by molar-refractivity contribution is -0.138. The number of carbonyl (C=O) groups excluding carboxylic acids is 2. The first kappa shape index (κ1) is 24.0. The lowest BCUT2D eigenvalue weighted by Gasteiger charge is -2.15. The molecule has 0 aliphatic carbocycles. The van der Waals surface area contributed by atoms with E-state index in [0.717, 1.165) is 23.9 Å². The second kappa shape index (κ2) is 9.22. The summed E-state index contributed by atoms with van der Waals surface area (Å²) in [5, 5.41) is 4.51. The predicted octanol–water partition coefficient (Wildman–Crippen LogP) is 4.84. The zero-order valence-corrected chi connectivity index (χ0v) is 19.1. The number of fused-ring (bicyclic) bond motifs is 1. The monoisotopic (exact) mass is 492 g/mol. The Hall–Kier alpha value is -3.18. The number of hydrogen-bond acceptors (Lipinski definition) is 5. The van der Waals surface area contributed by atoms with Gasteiger partial charge in [0.25, 0.3) is 11.1 Å². The van der Waals surface area contributed by atoms with Crippen LogP contribution >= 0.6 is 11.8 Å². The van der Waals surface area contributed by atoms with Crippen LogP contribution in [0.5, 0.6) is 0 Å². The molecule has 2 amide bonds. The molecule has 0 saturated carbocycles. The molecule has 0 radical (unpaired) electrons. The number of benzene rings is 2. The van der Waals surface area contributed by atoms with Crippen molar-refractivity contribution in [1.29, 1.82) is 0 Å². The first-order valence-electron chi connectivity index (χ1n) is 10.2. The summed E-state index contributed by atoms with van der Waals surface area (Å²) in [5.74, 6) is -1.32. The Kier molecular flexibility index (Phi) is 6.50. The van der Waals surface area contributed by atoms with E-state index >= 15 is 0 Å². The van der Waals surface area contributed by atoms with Crippen LogP contribution in [0.3, 0.4) is 0 Å². The molecule has 1 aliphatic heterocycles. The number of nitrogens with zero attached hydrogens (tertiary/aromatic N) is 4. The first-order valence-corrected chi connectivity index (χ1v) is 11.1. The van der Waals surface area contributed by atoms with Crippen molar-refractivity contribution in [3.05, 3.63) is 70.0 Å². The van der Waals surface area contributed by atoms with Crippen LogP contribution in [0.25, 0.3) is 17.0 Å². The fraction of sp³-hybridized carbons (Fsp3) is 0.261. The van der Waals surface area contributed by atoms with Gasteiger partial charge in [-0.1, -0.05) is 12.1 Å². The third kappa shape index (κ3) is 5.00. The van der Waals surface area contributed by atoms with Crippen LogP contribution in [0.4, 0.5) is 22.4 Å². The molecule has 1 aliphatic rings. The van der Waals surface area contributed by atoms with Crippen LogP contribution in [0.1, 0.15) is 16.7 Å². The molecule has 4 rings (SSSR count). The van der Waals surface area contributed by atoms with E-state index in [-0.39, 0.29) is 23.3 Å². The topological polar surface area (TPSA) is 58.4 Å². The van der Waals surface area contributed by atoms with Gasteiger partial charge in [-0.15, -0.1) is 0 Å². The highest BCUT2D eigenvalue weighted by atomic mass is 32.2. The zero-order valence-electron chi connectivity index (χ0n) is 18.3. The molecule has 3 aromatic rings. The number of alkyl halides is 3. The molecule has 0 bridgehead atoms. The summed E-state index contributed by atoms with van der Waals surface area (Å²) in [6.07, 6.45) is -1.57. The quantitative estimate of drug-likeness (QED) is 0.364. The van der Waals surface area contributed by atoms with Gasteiger partial charge in [0, 0.05) is 18.5 Å². The van der Waals surface area contributed by atoms with E-state index in [0.29, 0.717) is 40.5 Å². The highest BCUT2D eigenvalue weighted by molar-refractivity contribution is 8.18. The van der Waals surface area contributed by atoms with Crippen LogP contribution in [0.2, 0.25) is 0 Å². The maximum Gasteiger partial charge on any atom is 0.416 e. The summed E-state index contributed by atoms with van der Waals surface area (Å²) in [6, 6.07) is 7.68. The lowest BCUT2D eigenvalue weighted by Crippen LogP contribution is -2.34. The number of aromatic nitrogens is 2. The number of imide groups is 1. The Balaban J connectivity index is 1.58. The Morgan fingerprint density at radius 2 is 1.88 bits per heavy atom. The van der Waals surface area contributed by atoms with Crippen LogP contribution < -0.4 is 0 Å². The van der Waals surface area contributed by atoms with Crippen LogP contribution in [0.15, 0.2) is 47.5 Å². The van der Waals surface area contributed by atoms with Crippen LogP contribution in [-0.2, 0) is 17.5 Å². The van der Waals surface area contributed by atoms with Crippen molar-refractivity contribution in [3.63, 3.8) is 0 Å². The molecular formula is C23H20F4N4O2S. The molecule has 6 nitrogen and oxygen atoms in total. The number of amides is 2. The van der Waals surface area contributed by atoms with E-state index in [9.17, 15) is 27.2 Å². The second-order valence-corrected chi connectivity index (χ2v) is 9.05. The summed E-state index contributed by atoms with van der Waals surface area (Å²) >= 11 is 0.868. The predicted molar refractivity (Wildman–Crippen MR) is 121 cm³/mol. The SMILES string of the molecule is CN(C)CCN1C(=O)SC(=Cc2ccc3c(cnn3Cc3ccc(F)cc3C(F)(F)F)c2)C1=O. The molecule has 0 spiro atoms. The van der Waals surface area contributed by atoms with Gasteiger partial charge in [-0.3, -0.25) is 19.2 Å².